The van der Waals surface area contributed by atoms with E-state index in [9.17, 15) is 35.1 Å². The Morgan fingerprint density at radius 2 is 1.74 bits per heavy atom. The third-order valence-electron chi connectivity index (χ3n) is 6.94. The number of hydrogen-bond donors (Lipinski definition) is 5. The molecule has 0 radical (unpaired) electrons. The largest absolute Gasteiger partial charge is 0.502 e. The van der Waals surface area contributed by atoms with E-state index in [1.807, 2.05) is 13.8 Å². The maximum atomic E-state index is 12.3. The van der Waals surface area contributed by atoms with E-state index in [-0.39, 0.29) is 48.6 Å². The molecule has 0 unspecified atom stereocenters. The number of benzene rings is 1. The van der Waals surface area contributed by atoms with Crippen molar-refractivity contribution >= 4 is 17.8 Å². The highest BCUT2D eigenvalue weighted by Crippen LogP contribution is 2.40. The third-order valence-corrected chi connectivity index (χ3v) is 6.94. The van der Waals surface area contributed by atoms with Crippen LogP contribution in [-0.2, 0) is 23.8 Å². The second-order valence-corrected chi connectivity index (χ2v) is 10.1. The van der Waals surface area contributed by atoms with Gasteiger partial charge in [-0.25, -0.2) is 4.79 Å². The number of aliphatic hydroxyl groups is 4. The average Bonchev–Trinajstić information content (AvgIpc) is 2.89. The molecule has 2 aliphatic rings. The number of phenols is 1. The maximum absolute atomic E-state index is 12.3. The molecule has 12 heteroatoms. The van der Waals surface area contributed by atoms with E-state index in [0.717, 1.165) is 6.08 Å². The van der Waals surface area contributed by atoms with Gasteiger partial charge in [-0.3, -0.25) is 4.79 Å². The number of ether oxygens (including phenoxy) is 5. The number of aromatic hydroxyl groups is 1. The van der Waals surface area contributed by atoms with E-state index in [0.29, 0.717) is 11.1 Å². The van der Waals surface area contributed by atoms with Crippen molar-refractivity contribution < 1.29 is 58.8 Å². The summed E-state index contributed by atoms with van der Waals surface area (Å²) in [5.74, 6) is -1.19. The van der Waals surface area contributed by atoms with Gasteiger partial charge < -0.3 is 49.2 Å². The van der Waals surface area contributed by atoms with Crippen molar-refractivity contribution in [2.75, 3.05) is 34.0 Å². The molecule has 0 aromatic heterocycles. The number of aliphatic hydroxyl groups excluding tert-OH is 4. The highest BCUT2D eigenvalue weighted by atomic mass is 16.7. The van der Waals surface area contributed by atoms with Crippen molar-refractivity contribution in [2.24, 2.45) is 11.3 Å². The summed E-state index contributed by atoms with van der Waals surface area (Å²) >= 11 is 0. The normalized spacial score (nSPS) is 28.7. The van der Waals surface area contributed by atoms with E-state index in [4.69, 9.17) is 23.7 Å². The van der Waals surface area contributed by atoms with Crippen LogP contribution < -0.4 is 9.47 Å². The van der Waals surface area contributed by atoms with Gasteiger partial charge >= 0.3 is 5.97 Å². The molecule has 12 nitrogen and oxygen atoms in total. The quantitative estimate of drug-likeness (QED) is 0.198. The number of methoxy groups -OCH3 is 2. The topological polar surface area (TPSA) is 181 Å². The van der Waals surface area contributed by atoms with Crippen molar-refractivity contribution in [3.63, 3.8) is 0 Å². The van der Waals surface area contributed by atoms with Gasteiger partial charge in [0.15, 0.2) is 23.6 Å². The fourth-order valence-electron chi connectivity index (χ4n) is 4.70. The molecule has 1 heterocycles. The summed E-state index contributed by atoms with van der Waals surface area (Å²) in [4.78, 5) is 24.4. The molecule has 1 aromatic carbocycles. The monoisotopic (exact) mass is 552 g/mol. The Morgan fingerprint density at radius 1 is 1.10 bits per heavy atom. The lowest BCUT2D eigenvalue weighted by molar-refractivity contribution is -0.299. The van der Waals surface area contributed by atoms with Crippen LogP contribution in [0.3, 0.4) is 0 Å². The molecule has 1 saturated heterocycles. The van der Waals surface area contributed by atoms with Crippen molar-refractivity contribution in [1.29, 1.82) is 0 Å². The van der Waals surface area contributed by atoms with Crippen LogP contribution in [0.15, 0.2) is 29.9 Å². The summed E-state index contributed by atoms with van der Waals surface area (Å²) in [5, 5.41) is 50.9. The molecule has 1 aliphatic heterocycles. The zero-order valence-corrected chi connectivity index (χ0v) is 22.3. The van der Waals surface area contributed by atoms with Gasteiger partial charge in [0.05, 0.1) is 27.4 Å². The molecule has 1 aromatic rings. The zero-order chi connectivity index (χ0) is 28.9. The highest BCUT2D eigenvalue weighted by Gasteiger charge is 2.45. The number of carbonyl (C=O) groups excluding carboxylic acids is 2. The van der Waals surface area contributed by atoms with Crippen LogP contribution in [0.25, 0.3) is 6.08 Å². The number of phenolic OH excluding ortho intramolecular Hbond substituents is 1. The molecule has 3 rings (SSSR count). The van der Waals surface area contributed by atoms with Gasteiger partial charge in [-0.05, 0) is 40.8 Å². The molecule has 6 atom stereocenters. The fourth-order valence-corrected chi connectivity index (χ4v) is 4.70. The van der Waals surface area contributed by atoms with E-state index in [1.165, 1.54) is 38.5 Å². The van der Waals surface area contributed by atoms with Gasteiger partial charge in [-0.1, -0.05) is 13.8 Å². The van der Waals surface area contributed by atoms with Crippen LogP contribution in [-0.4, -0.2) is 102 Å². The van der Waals surface area contributed by atoms with Gasteiger partial charge in [0, 0.05) is 18.4 Å². The molecule has 0 saturated carbocycles. The smallest absolute Gasteiger partial charge is 0.330 e. The summed E-state index contributed by atoms with van der Waals surface area (Å²) in [6.07, 6.45) is -3.33. The number of carbonyl (C=O) groups is 2. The molecular weight excluding hydrogens is 516 g/mol. The maximum Gasteiger partial charge on any atom is 0.330 e. The average molecular weight is 553 g/mol. The van der Waals surface area contributed by atoms with Crippen molar-refractivity contribution in [1.82, 2.24) is 0 Å². The van der Waals surface area contributed by atoms with E-state index in [2.05, 4.69) is 0 Å². The lowest BCUT2D eigenvalue weighted by Gasteiger charge is -2.41. The van der Waals surface area contributed by atoms with E-state index in [1.54, 1.807) is 0 Å². The van der Waals surface area contributed by atoms with Crippen LogP contribution in [0.2, 0.25) is 0 Å². The van der Waals surface area contributed by atoms with Crippen LogP contribution in [0.5, 0.6) is 17.2 Å². The predicted molar refractivity (Wildman–Crippen MR) is 136 cm³/mol. The molecule has 1 aliphatic carbocycles. The molecule has 39 heavy (non-hydrogen) atoms. The molecule has 5 N–H and O–H groups in total. The second-order valence-electron chi connectivity index (χ2n) is 10.1. The van der Waals surface area contributed by atoms with Gasteiger partial charge in [0.1, 0.15) is 31.0 Å². The Kier molecular flexibility index (Phi) is 10.1. The first-order valence-electron chi connectivity index (χ1n) is 12.4. The molecule has 0 spiro atoms. The van der Waals surface area contributed by atoms with Crippen LogP contribution in [0.1, 0.15) is 25.8 Å². The number of allylic oxidation sites excluding steroid dienone is 1. The predicted octanol–water partition coefficient (Wildman–Crippen LogP) is 0.324. The lowest BCUT2D eigenvalue weighted by Crippen LogP contribution is -2.59. The first kappa shape index (κ1) is 30.5. The number of ketones is 1. The van der Waals surface area contributed by atoms with Gasteiger partial charge in [-0.2, -0.15) is 0 Å². The molecule has 0 amide bonds. The summed E-state index contributed by atoms with van der Waals surface area (Å²) in [5.41, 5.74) is 0.492. The van der Waals surface area contributed by atoms with Gasteiger partial charge in [0.2, 0.25) is 5.75 Å². The molecule has 216 valence electrons. The van der Waals surface area contributed by atoms with Crippen LogP contribution in [0.4, 0.5) is 0 Å². The first-order chi connectivity index (χ1) is 18.4. The number of rotatable bonds is 10. The van der Waals surface area contributed by atoms with Crippen LogP contribution in [0, 0.1) is 11.3 Å². The fraction of sp³-hybridized carbons (Fsp3) is 0.556. The van der Waals surface area contributed by atoms with E-state index >= 15 is 0 Å². The second kappa shape index (κ2) is 12.9. The Balaban J connectivity index is 1.62. The van der Waals surface area contributed by atoms with Crippen molar-refractivity contribution in [3.05, 3.63) is 35.4 Å². The standard InChI is InChI=1S/C27H36O12/c1-27(2)10-16(29)9-15(17(27)11-28)12-38-26-25(34)24(33)23(32)20(39-26)13-37-21(30)6-5-14-7-18(35-3)22(31)19(8-14)36-4/h5-9,17,20,23-26,28,31-34H,10-13H2,1-4H3/b6-5+/t17-,20+,23+,24-,25+,26+/m1/s1. The SMILES string of the molecule is COc1cc(/C=C/C(=O)OC[C@@H]2O[C@H](OCC3=CC(=O)CC(C)(C)[C@@H]3CO)[C@@H](O)[C@H](O)[C@H]2O)cc(OC)c1O. The highest BCUT2D eigenvalue weighted by molar-refractivity contribution is 5.92. The summed E-state index contributed by atoms with van der Waals surface area (Å²) in [6, 6.07) is 2.96. The van der Waals surface area contributed by atoms with Gasteiger partial charge in [0.25, 0.3) is 0 Å². The summed E-state index contributed by atoms with van der Waals surface area (Å²) in [6.45, 7) is 2.88. The zero-order valence-electron chi connectivity index (χ0n) is 22.3. The Morgan fingerprint density at radius 3 is 2.33 bits per heavy atom. The summed E-state index contributed by atoms with van der Waals surface area (Å²) < 4.78 is 26.5. The minimum atomic E-state index is -1.66. The third kappa shape index (κ3) is 7.15. The minimum Gasteiger partial charge on any atom is -0.502 e. The van der Waals surface area contributed by atoms with Gasteiger partial charge in [-0.15, -0.1) is 0 Å². The number of hydrogen-bond acceptors (Lipinski definition) is 12. The lowest BCUT2D eigenvalue weighted by atomic mass is 9.68. The Bertz CT molecular complexity index is 1070. The minimum absolute atomic E-state index is 0.120. The molecule has 1 fully saturated rings. The molecular formula is C27H36O12. The van der Waals surface area contributed by atoms with Crippen LogP contribution >= 0.6 is 0 Å². The first-order valence-corrected chi connectivity index (χ1v) is 12.4. The Labute approximate surface area is 226 Å². The van der Waals surface area contributed by atoms with E-state index < -0.39 is 48.7 Å². The summed E-state index contributed by atoms with van der Waals surface area (Å²) in [7, 11) is 2.73. The van der Waals surface area contributed by atoms with Crippen molar-refractivity contribution in [2.45, 2.75) is 51.0 Å². The van der Waals surface area contributed by atoms with Crippen molar-refractivity contribution in [3.8, 4) is 17.2 Å². The molecule has 0 bridgehead atoms. The number of esters is 1. The Hall–Kier alpha value is -3.00.